The second kappa shape index (κ2) is 5.97. The number of aryl methyl sites for hydroxylation is 1. The standard InChI is InChI=1S/C15H20N2O2/c1-11(18)10-16-8-7-12-3-5-14-13(9-12)4-6-15(19)17(14)2/h3,5,9,16H,4,6-8,10H2,1-2H3. The molecule has 0 atom stereocenters. The first-order chi connectivity index (χ1) is 9.08. The molecule has 0 fully saturated rings. The summed E-state index contributed by atoms with van der Waals surface area (Å²) in [5.41, 5.74) is 3.51. The van der Waals surface area contributed by atoms with Crippen molar-refractivity contribution >= 4 is 17.4 Å². The molecule has 2 rings (SSSR count). The number of ketones is 1. The summed E-state index contributed by atoms with van der Waals surface area (Å²) in [5, 5.41) is 3.12. The summed E-state index contributed by atoms with van der Waals surface area (Å²) in [6, 6.07) is 6.25. The van der Waals surface area contributed by atoms with E-state index in [2.05, 4.69) is 17.4 Å². The highest BCUT2D eigenvalue weighted by Crippen LogP contribution is 2.27. The van der Waals surface area contributed by atoms with Crippen LogP contribution in [0.2, 0.25) is 0 Å². The number of hydrogen-bond donors (Lipinski definition) is 1. The SMILES string of the molecule is CC(=O)CNCCc1ccc2c(c1)CCC(=O)N2C. The predicted molar refractivity (Wildman–Crippen MR) is 75.4 cm³/mol. The van der Waals surface area contributed by atoms with Crippen LogP contribution in [0.25, 0.3) is 0 Å². The monoisotopic (exact) mass is 260 g/mol. The molecule has 1 aliphatic heterocycles. The summed E-state index contributed by atoms with van der Waals surface area (Å²) < 4.78 is 0. The lowest BCUT2D eigenvalue weighted by molar-refractivity contribution is -0.118. The molecular formula is C15H20N2O2. The van der Waals surface area contributed by atoms with Crippen LogP contribution in [0.4, 0.5) is 5.69 Å². The first-order valence-electron chi connectivity index (χ1n) is 6.66. The summed E-state index contributed by atoms with van der Waals surface area (Å²) in [7, 11) is 1.83. The molecule has 1 N–H and O–H groups in total. The van der Waals surface area contributed by atoms with Gasteiger partial charge >= 0.3 is 0 Å². The Morgan fingerprint density at radius 2 is 2.16 bits per heavy atom. The summed E-state index contributed by atoms with van der Waals surface area (Å²) in [6.07, 6.45) is 2.32. The number of carbonyl (C=O) groups excluding carboxylic acids is 2. The van der Waals surface area contributed by atoms with E-state index in [1.54, 1.807) is 11.8 Å². The fourth-order valence-corrected chi connectivity index (χ4v) is 2.36. The van der Waals surface area contributed by atoms with Gasteiger partial charge in [0.25, 0.3) is 0 Å². The Labute approximate surface area is 113 Å². The molecule has 1 aromatic carbocycles. The number of fused-ring (bicyclic) bond motifs is 1. The third kappa shape index (κ3) is 3.41. The van der Waals surface area contributed by atoms with Crippen LogP contribution in [0.15, 0.2) is 18.2 Å². The molecule has 0 radical (unpaired) electrons. The molecule has 102 valence electrons. The van der Waals surface area contributed by atoms with Gasteiger partial charge in [-0.15, -0.1) is 0 Å². The molecule has 1 aromatic rings. The Morgan fingerprint density at radius 1 is 1.37 bits per heavy atom. The van der Waals surface area contributed by atoms with E-state index in [1.807, 2.05) is 13.1 Å². The largest absolute Gasteiger partial charge is 0.315 e. The number of Topliss-reactive ketones (excluding diaryl/α,β-unsaturated/α-hetero) is 1. The minimum absolute atomic E-state index is 0.158. The number of benzene rings is 1. The van der Waals surface area contributed by atoms with Crippen molar-refractivity contribution in [3.05, 3.63) is 29.3 Å². The van der Waals surface area contributed by atoms with Crippen LogP contribution < -0.4 is 10.2 Å². The molecule has 1 amide bonds. The third-order valence-electron chi connectivity index (χ3n) is 3.45. The number of amides is 1. The Bertz CT molecular complexity index is 497. The maximum Gasteiger partial charge on any atom is 0.227 e. The molecule has 4 heteroatoms. The number of nitrogens with zero attached hydrogens (tertiary/aromatic N) is 1. The molecule has 0 aromatic heterocycles. The van der Waals surface area contributed by atoms with Crippen LogP contribution >= 0.6 is 0 Å². The molecule has 19 heavy (non-hydrogen) atoms. The van der Waals surface area contributed by atoms with E-state index in [-0.39, 0.29) is 11.7 Å². The van der Waals surface area contributed by atoms with Gasteiger partial charge in [0, 0.05) is 19.2 Å². The highest BCUT2D eigenvalue weighted by molar-refractivity contribution is 5.95. The topological polar surface area (TPSA) is 49.4 Å². The second-order valence-electron chi connectivity index (χ2n) is 5.04. The van der Waals surface area contributed by atoms with Gasteiger partial charge in [0.15, 0.2) is 0 Å². The molecule has 0 aliphatic carbocycles. The van der Waals surface area contributed by atoms with E-state index in [0.717, 1.165) is 25.1 Å². The number of carbonyl (C=O) groups is 2. The summed E-state index contributed by atoms with van der Waals surface area (Å²) in [6.45, 7) is 2.81. The zero-order chi connectivity index (χ0) is 13.8. The number of rotatable bonds is 5. The normalized spacial score (nSPS) is 14.4. The second-order valence-corrected chi connectivity index (χ2v) is 5.04. The zero-order valence-electron chi connectivity index (χ0n) is 11.5. The molecule has 0 bridgehead atoms. The van der Waals surface area contributed by atoms with Crippen LogP contribution in [-0.2, 0) is 22.4 Å². The van der Waals surface area contributed by atoms with E-state index in [0.29, 0.717) is 13.0 Å². The molecule has 4 nitrogen and oxygen atoms in total. The maximum absolute atomic E-state index is 11.6. The fourth-order valence-electron chi connectivity index (χ4n) is 2.36. The van der Waals surface area contributed by atoms with Gasteiger partial charge in [-0.2, -0.15) is 0 Å². The minimum Gasteiger partial charge on any atom is -0.315 e. The first kappa shape index (κ1) is 13.7. The highest BCUT2D eigenvalue weighted by Gasteiger charge is 2.20. The van der Waals surface area contributed by atoms with Crippen molar-refractivity contribution in [1.82, 2.24) is 5.32 Å². The maximum atomic E-state index is 11.6. The van der Waals surface area contributed by atoms with Crippen LogP contribution in [0, 0.1) is 0 Å². The zero-order valence-corrected chi connectivity index (χ0v) is 11.5. The number of anilines is 1. The van der Waals surface area contributed by atoms with E-state index in [4.69, 9.17) is 0 Å². The van der Waals surface area contributed by atoms with Crippen LogP contribution in [0.3, 0.4) is 0 Å². The Balaban J connectivity index is 1.97. The number of nitrogens with one attached hydrogen (secondary N) is 1. The fraction of sp³-hybridized carbons (Fsp3) is 0.467. The molecule has 0 spiro atoms. The van der Waals surface area contributed by atoms with Gasteiger partial charge < -0.3 is 10.2 Å². The molecule has 0 saturated carbocycles. The molecule has 1 heterocycles. The van der Waals surface area contributed by atoms with Crippen molar-refractivity contribution < 1.29 is 9.59 Å². The molecular weight excluding hydrogens is 240 g/mol. The van der Waals surface area contributed by atoms with Crippen molar-refractivity contribution in [2.45, 2.75) is 26.2 Å². The third-order valence-corrected chi connectivity index (χ3v) is 3.45. The molecule has 0 unspecified atom stereocenters. The van der Waals surface area contributed by atoms with E-state index in [1.165, 1.54) is 11.1 Å². The quantitative estimate of drug-likeness (QED) is 0.812. The van der Waals surface area contributed by atoms with Crippen molar-refractivity contribution in [2.75, 3.05) is 25.0 Å². The van der Waals surface area contributed by atoms with Gasteiger partial charge in [-0.1, -0.05) is 12.1 Å². The lowest BCUT2D eigenvalue weighted by Gasteiger charge is -2.26. The Morgan fingerprint density at radius 3 is 2.89 bits per heavy atom. The predicted octanol–water partition coefficient (Wildman–Crippen LogP) is 1.32. The van der Waals surface area contributed by atoms with Crippen molar-refractivity contribution in [2.24, 2.45) is 0 Å². The number of hydrogen-bond acceptors (Lipinski definition) is 3. The first-order valence-corrected chi connectivity index (χ1v) is 6.66. The van der Waals surface area contributed by atoms with Crippen LogP contribution in [0.5, 0.6) is 0 Å². The minimum atomic E-state index is 0.158. The summed E-state index contributed by atoms with van der Waals surface area (Å²) in [5.74, 6) is 0.342. The van der Waals surface area contributed by atoms with Gasteiger partial charge in [-0.05, 0) is 43.5 Å². The average molecular weight is 260 g/mol. The van der Waals surface area contributed by atoms with E-state index < -0.39 is 0 Å². The smallest absolute Gasteiger partial charge is 0.227 e. The van der Waals surface area contributed by atoms with Gasteiger partial charge in [0.05, 0.1) is 6.54 Å². The molecule has 1 aliphatic rings. The van der Waals surface area contributed by atoms with Crippen LogP contribution in [-0.4, -0.2) is 31.8 Å². The highest BCUT2D eigenvalue weighted by atomic mass is 16.2. The van der Waals surface area contributed by atoms with Gasteiger partial charge in [-0.3, -0.25) is 9.59 Å². The lowest BCUT2D eigenvalue weighted by atomic mass is 9.98. The average Bonchev–Trinajstić information content (AvgIpc) is 2.39. The van der Waals surface area contributed by atoms with Crippen LogP contribution in [0.1, 0.15) is 24.5 Å². The van der Waals surface area contributed by atoms with Gasteiger partial charge in [0.1, 0.15) is 5.78 Å². The van der Waals surface area contributed by atoms with Crippen molar-refractivity contribution in [3.8, 4) is 0 Å². The summed E-state index contributed by atoms with van der Waals surface area (Å²) >= 11 is 0. The Kier molecular flexibility index (Phi) is 4.32. The van der Waals surface area contributed by atoms with Crippen molar-refractivity contribution in [1.29, 1.82) is 0 Å². The van der Waals surface area contributed by atoms with Gasteiger partial charge in [-0.25, -0.2) is 0 Å². The van der Waals surface area contributed by atoms with E-state index in [9.17, 15) is 9.59 Å². The Hall–Kier alpha value is -1.68. The van der Waals surface area contributed by atoms with E-state index >= 15 is 0 Å². The molecule has 0 saturated heterocycles. The lowest BCUT2D eigenvalue weighted by Crippen LogP contribution is -2.31. The van der Waals surface area contributed by atoms with Crippen molar-refractivity contribution in [3.63, 3.8) is 0 Å². The summed E-state index contributed by atoms with van der Waals surface area (Å²) in [4.78, 5) is 24.1. The van der Waals surface area contributed by atoms with Gasteiger partial charge in [0.2, 0.25) is 5.91 Å².